The van der Waals surface area contributed by atoms with Gasteiger partial charge in [-0.1, -0.05) is 23.7 Å². The van der Waals surface area contributed by atoms with Gasteiger partial charge in [0.25, 0.3) is 11.8 Å². The number of halogens is 4. The molecule has 0 saturated heterocycles. The number of benzene rings is 3. The number of nitrogens with one attached hydrogen (secondary N) is 2. The molecule has 0 heterocycles. The zero-order valence-corrected chi connectivity index (χ0v) is 15.5. The highest BCUT2D eigenvalue weighted by Crippen LogP contribution is 2.30. The maximum atomic E-state index is 12.8. The van der Waals surface area contributed by atoms with E-state index < -0.39 is 17.6 Å². The number of carbonyl (C=O) groups is 2. The van der Waals surface area contributed by atoms with Crippen molar-refractivity contribution < 1.29 is 22.8 Å². The molecule has 0 unspecified atom stereocenters. The first-order valence-electron chi connectivity index (χ1n) is 8.38. The summed E-state index contributed by atoms with van der Waals surface area (Å²) in [5.41, 5.74) is 0.232. The Kier molecular flexibility index (Phi) is 5.89. The molecule has 0 aliphatic rings. The Bertz CT molecular complexity index is 1050. The van der Waals surface area contributed by atoms with Crippen LogP contribution in [0, 0.1) is 0 Å². The highest BCUT2D eigenvalue weighted by molar-refractivity contribution is 6.31. The lowest BCUT2D eigenvalue weighted by molar-refractivity contribution is -0.137. The summed E-state index contributed by atoms with van der Waals surface area (Å²) in [5, 5.41) is 5.52. The minimum atomic E-state index is -4.50. The Labute approximate surface area is 169 Å². The van der Waals surface area contributed by atoms with E-state index in [1.165, 1.54) is 42.5 Å². The minimum Gasteiger partial charge on any atom is -0.322 e. The molecule has 0 aliphatic carbocycles. The smallest absolute Gasteiger partial charge is 0.322 e. The maximum Gasteiger partial charge on any atom is 0.416 e. The first-order chi connectivity index (χ1) is 13.7. The lowest BCUT2D eigenvalue weighted by atomic mass is 10.1. The van der Waals surface area contributed by atoms with Crippen molar-refractivity contribution in [3.05, 3.63) is 94.5 Å². The molecular formula is C21H14ClF3N2O2. The molecule has 148 valence electrons. The lowest BCUT2D eigenvalue weighted by Gasteiger charge is -2.10. The monoisotopic (exact) mass is 418 g/mol. The third-order valence-corrected chi connectivity index (χ3v) is 4.17. The van der Waals surface area contributed by atoms with Gasteiger partial charge in [0.05, 0.1) is 5.56 Å². The molecule has 29 heavy (non-hydrogen) atoms. The Morgan fingerprint density at radius 3 is 2.00 bits per heavy atom. The number of rotatable bonds is 4. The Morgan fingerprint density at radius 2 is 1.34 bits per heavy atom. The first-order valence-corrected chi connectivity index (χ1v) is 8.76. The molecule has 0 saturated carbocycles. The van der Waals surface area contributed by atoms with Crippen molar-refractivity contribution in [2.45, 2.75) is 6.18 Å². The largest absolute Gasteiger partial charge is 0.416 e. The van der Waals surface area contributed by atoms with Crippen LogP contribution in [0.5, 0.6) is 0 Å². The highest BCUT2D eigenvalue weighted by atomic mass is 35.5. The molecule has 0 fully saturated rings. The third kappa shape index (κ3) is 5.36. The van der Waals surface area contributed by atoms with Crippen molar-refractivity contribution in [3.8, 4) is 0 Å². The molecule has 0 bridgehead atoms. The summed E-state index contributed by atoms with van der Waals surface area (Å²) in [6.45, 7) is 0. The number of amides is 2. The van der Waals surface area contributed by atoms with E-state index >= 15 is 0 Å². The predicted octanol–water partition coefficient (Wildman–Crippen LogP) is 5.86. The summed E-state index contributed by atoms with van der Waals surface area (Å²) in [4.78, 5) is 24.5. The summed E-state index contributed by atoms with van der Waals surface area (Å²) in [7, 11) is 0. The SMILES string of the molecule is O=C(Nc1cccc(C(F)(F)F)c1)c1ccc(NC(=O)c2cccc(Cl)c2)cc1. The van der Waals surface area contributed by atoms with E-state index in [0.29, 0.717) is 16.3 Å². The third-order valence-electron chi connectivity index (χ3n) is 3.94. The van der Waals surface area contributed by atoms with E-state index in [2.05, 4.69) is 10.6 Å². The molecule has 3 rings (SSSR count). The molecule has 3 aromatic rings. The molecule has 0 radical (unpaired) electrons. The fourth-order valence-corrected chi connectivity index (χ4v) is 2.70. The second kappa shape index (κ2) is 8.36. The summed E-state index contributed by atoms with van der Waals surface area (Å²) < 4.78 is 38.3. The average molecular weight is 419 g/mol. The molecular weight excluding hydrogens is 405 g/mol. The topological polar surface area (TPSA) is 58.2 Å². The van der Waals surface area contributed by atoms with Crippen molar-refractivity contribution >= 4 is 34.8 Å². The molecule has 2 amide bonds. The minimum absolute atomic E-state index is 0.0307. The van der Waals surface area contributed by atoms with E-state index in [1.807, 2.05) is 0 Å². The normalized spacial score (nSPS) is 11.0. The van der Waals surface area contributed by atoms with Crippen LogP contribution in [0.25, 0.3) is 0 Å². The Hall–Kier alpha value is -3.32. The van der Waals surface area contributed by atoms with Gasteiger partial charge in [-0.2, -0.15) is 13.2 Å². The number of anilines is 2. The molecule has 4 nitrogen and oxygen atoms in total. The molecule has 3 aromatic carbocycles. The van der Waals surface area contributed by atoms with Gasteiger partial charge in [0.15, 0.2) is 0 Å². The Balaban J connectivity index is 1.67. The van der Waals surface area contributed by atoms with Gasteiger partial charge in [-0.3, -0.25) is 9.59 Å². The van der Waals surface area contributed by atoms with Gasteiger partial charge in [0, 0.05) is 27.5 Å². The number of carbonyl (C=O) groups excluding carboxylic acids is 2. The summed E-state index contributed by atoms with van der Waals surface area (Å²) in [6, 6.07) is 16.7. The molecule has 0 aliphatic heterocycles. The summed E-state index contributed by atoms with van der Waals surface area (Å²) in [6.07, 6.45) is -4.50. The lowest BCUT2D eigenvalue weighted by Crippen LogP contribution is -2.14. The van der Waals surface area contributed by atoms with Gasteiger partial charge in [-0.15, -0.1) is 0 Å². The van der Waals surface area contributed by atoms with Crippen molar-refractivity contribution in [2.24, 2.45) is 0 Å². The van der Waals surface area contributed by atoms with Crippen molar-refractivity contribution in [2.75, 3.05) is 10.6 Å². The standard InChI is InChI=1S/C21H14ClF3N2O2/c22-16-5-1-3-14(11-16)20(29)26-17-9-7-13(8-10-17)19(28)27-18-6-2-4-15(12-18)21(23,24)25/h1-12H,(H,26,29)(H,27,28). The van der Waals surface area contributed by atoms with Crippen LogP contribution in [0.3, 0.4) is 0 Å². The van der Waals surface area contributed by atoms with Crippen LogP contribution in [0.15, 0.2) is 72.8 Å². The predicted molar refractivity (Wildman–Crippen MR) is 105 cm³/mol. The van der Waals surface area contributed by atoms with Gasteiger partial charge in [0.2, 0.25) is 0 Å². The Morgan fingerprint density at radius 1 is 0.724 bits per heavy atom. The maximum absolute atomic E-state index is 12.8. The van der Waals surface area contributed by atoms with E-state index in [0.717, 1.165) is 12.1 Å². The average Bonchev–Trinajstić information content (AvgIpc) is 2.68. The van der Waals surface area contributed by atoms with Crippen molar-refractivity contribution in [3.63, 3.8) is 0 Å². The molecule has 0 atom stereocenters. The van der Waals surface area contributed by atoms with Crippen LogP contribution in [-0.2, 0) is 6.18 Å². The van der Waals surface area contributed by atoms with Gasteiger partial charge in [0.1, 0.15) is 0 Å². The van der Waals surface area contributed by atoms with Crippen molar-refractivity contribution in [1.29, 1.82) is 0 Å². The molecule has 0 spiro atoms. The molecule has 2 N–H and O–H groups in total. The quantitative estimate of drug-likeness (QED) is 0.557. The van der Waals surface area contributed by atoms with E-state index in [9.17, 15) is 22.8 Å². The van der Waals surface area contributed by atoms with Gasteiger partial charge < -0.3 is 10.6 Å². The van der Waals surface area contributed by atoms with E-state index in [-0.39, 0.29) is 17.2 Å². The fourth-order valence-electron chi connectivity index (χ4n) is 2.51. The first kappa shape index (κ1) is 20.4. The van der Waals surface area contributed by atoms with Crippen LogP contribution in [0.2, 0.25) is 5.02 Å². The van der Waals surface area contributed by atoms with Crippen LogP contribution in [0.1, 0.15) is 26.3 Å². The number of hydrogen-bond donors (Lipinski definition) is 2. The van der Waals surface area contributed by atoms with E-state index in [1.54, 1.807) is 18.2 Å². The second-order valence-corrected chi connectivity index (χ2v) is 6.51. The van der Waals surface area contributed by atoms with Crippen LogP contribution < -0.4 is 10.6 Å². The zero-order valence-electron chi connectivity index (χ0n) is 14.8. The fraction of sp³-hybridized carbons (Fsp3) is 0.0476. The summed E-state index contributed by atoms with van der Waals surface area (Å²) in [5.74, 6) is -0.939. The number of alkyl halides is 3. The highest BCUT2D eigenvalue weighted by Gasteiger charge is 2.30. The van der Waals surface area contributed by atoms with Gasteiger partial charge in [-0.25, -0.2) is 0 Å². The van der Waals surface area contributed by atoms with Gasteiger partial charge >= 0.3 is 6.18 Å². The summed E-state index contributed by atoms with van der Waals surface area (Å²) >= 11 is 5.86. The zero-order chi connectivity index (χ0) is 21.0. The molecule has 0 aromatic heterocycles. The van der Waals surface area contributed by atoms with Crippen LogP contribution in [0.4, 0.5) is 24.5 Å². The van der Waals surface area contributed by atoms with Crippen LogP contribution in [-0.4, -0.2) is 11.8 Å². The second-order valence-electron chi connectivity index (χ2n) is 6.07. The van der Waals surface area contributed by atoms with Crippen molar-refractivity contribution in [1.82, 2.24) is 0 Å². The number of hydrogen-bond acceptors (Lipinski definition) is 2. The van der Waals surface area contributed by atoms with Crippen LogP contribution >= 0.6 is 11.6 Å². The van der Waals surface area contributed by atoms with Gasteiger partial charge in [-0.05, 0) is 60.7 Å². The molecule has 8 heteroatoms. The van der Waals surface area contributed by atoms with E-state index in [4.69, 9.17) is 11.6 Å².